The molecule has 0 unspecified atom stereocenters. The molecular weight excluding hydrogens is 202 g/mol. The summed E-state index contributed by atoms with van der Waals surface area (Å²) in [5.41, 5.74) is 7.69. The second kappa shape index (κ2) is 3.30. The first-order valence-electron chi connectivity index (χ1n) is 4.84. The second-order valence-corrected chi connectivity index (χ2v) is 3.43. The van der Waals surface area contributed by atoms with E-state index in [-0.39, 0.29) is 0 Å². The van der Waals surface area contributed by atoms with Crippen molar-refractivity contribution in [2.24, 2.45) is 0 Å². The Morgan fingerprint density at radius 1 is 1.12 bits per heavy atom. The number of aromatic nitrogens is 4. The number of anilines is 1. The minimum Gasteiger partial charge on any atom is -0.396 e. The third-order valence-electron chi connectivity index (χ3n) is 2.26. The minimum atomic E-state index is 0.549. The molecule has 0 bridgehead atoms. The number of hydrogen-bond donors (Lipinski definition) is 1. The summed E-state index contributed by atoms with van der Waals surface area (Å²) in [4.78, 5) is 12.7. The van der Waals surface area contributed by atoms with Crippen LogP contribution in [0, 0.1) is 0 Å². The van der Waals surface area contributed by atoms with Gasteiger partial charge in [-0.1, -0.05) is 6.07 Å². The summed E-state index contributed by atoms with van der Waals surface area (Å²) in [6.07, 6.45) is 6.97. The third-order valence-corrected chi connectivity index (χ3v) is 2.26. The van der Waals surface area contributed by atoms with Crippen LogP contribution in [0.15, 0.2) is 43.0 Å². The molecule has 0 aliphatic carbocycles. The van der Waals surface area contributed by atoms with E-state index in [1.54, 1.807) is 12.4 Å². The summed E-state index contributed by atoms with van der Waals surface area (Å²) in [5, 5.41) is 0. The van der Waals surface area contributed by atoms with Crippen LogP contribution in [0.1, 0.15) is 0 Å². The Bertz CT molecular complexity index is 593. The zero-order valence-electron chi connectivity index (χ0n) is 8.41. The maximum absolute atomic E-state index is 5.53. The Hall–Kier alpha value is -2.43. The highest BCUT2D eigenvalue weighted by atomic mass is 15.0. The van der Waals surface area contributed by atoms with E-state index in [9.17, 15) is 0 Å². The van der Waals surface area contributed by atoms with Crippen LogP contribution in [0.25, 0.3) is 17.2 Å². The molecule has 0 aromatic carbocycles. The zero-order chi connectivity index (χ0) is 11.0. The molecule has 0 atom stereocenters. The Labute approximate surface area is 91.6 Å². The van der Waals surface area contributed by atoms with Gasteiger partial charge in [-0.2, -0.15) is 0 Å². The van der Waals surface area contributed by atoms with Crippen LogP contribution >= 0.6 is 0 Å². The van der Waals surface area contributed by atoms with Crippen molar-refractivity contribution < 1.29 is 0 Å². The van der Waals surface area contributed by atoms with Gasteiger partial charge >= 0.3 is 0 Å². The van der Waals surface area contributed by atoms with Crippen molar-refractivity contribution in [3.63, 3.8) is 0 Å². The zero-order valence-corrected chi connectivity index (χ0v) is 8.41. The topological polar surface area (TPSA) is 69.1 Å². The maximum Gasteiger partial charge on any atom is 0.179 e. The van der Waals surface area contributed by atoms with Crippen LogP contribution in [-0.2, 0) is 0 Å². The Kier molecular flexibility index (Phi) is 1.83. The van der Waals surface area contributed by atoms with Crippen LogP contribution in [-0.4, -0.2) is 19.4 Å². The van der Waals surface area contributed by atoms with E-state index in [4.69, 9.17) is 5.73 Å². The van der Waals surface area contributed by atoms with Crippen molar-refractivity contribution in [1.29, 1.82) is 0 Å². The Morgan fingerprint density at radius 3 is 2.69 bits per heavy atom. The average Bonchev–Trinajstić information content (AvgIpc) is 2.73. The third kappa shape index (κ3) is 1.38. The van der Waals surface area contributed by atoms with Crippen LogP contribution in [0.2, 0.25) is 0 Å². The lowest BCUT2D eigenvalue weighted by Gasteiger charge is -1.94. The number of fused-ring (bicyclic) bond motifs is 1. The van der Waals surface area contributed by atoms with Crippen molar-refractivity contribution in [2.75, 3.05) is 5.73 Å². The number of rotatable bonds is 1. The Balaban J connectivity index is 2.15. The fraction of sp³-hybridized carbons (Fsp3) is 0. The van der Waals surface area contributed by atoms with Gasteiger partial charge in [0, 0.05) is 12.4 Å². The van der Waals surface area contributed by atoms with Crippen LogP contribution in [0.3, 0.4) is 0 Å². The number of nitrogens with zero attached hydrogens (tertiary/aromatic N) is 4. The highest BCUT2D eigenvalue weighted by Crippen LogP contribution is 2.14. The summed E-state index contributed by atoms with van der Waals surface area (Å²) in [6, 6.07) is 5.82. The molecule has 0 amide bonds. The summed E-state index contributed by atoms with van der Waals surface area (Å²) in [6.45, 7) is 0. The number of hydrogen-bond acceptors (Lipinski definition) is 4. The quantitative estimate of drug-likeness (QED) is 0.660. The molecule has 0 radical (unpaired) electrons. The highest BCUT2D eigenvalue weighted by Gasteiger charge is 2.05. The number of nitrogens with two attached hydrogens (primary N) is 1. The fourth-order valence-electron chi connectivity index (χ4n) is 1.51. The van der Waals surface area contributed by atoms with E-state index in [1.165, 1.54) is 0 Å². The molecule has 0 spiro atoms. The van der Waals surface area contributed by atoms with Crippen LogP contribution in [0.5, 0.6) is 0 Å². The number of imidazole rings is 1. The molecule has 3 aromatic rings. The summed E-state index contributed by atoms with van der Waals surface area (Å²) >= 11 is 0. The lowest BCUT2D eigenvalue weighted by molar-refractivity contribution is 1.16. The first kappa shape index (κ1) is 8.84. The van der Waals surface area contributed by atoms with Gasteiger partial charge in [0.15, 0.2) is 5.82 Å². The summed E-state index contributed by atoms with van der Waals surface area (Å²) < 4.78 is 1.93. The van der Waals surface area contributed by atoms with Crippen LogP contribution in [0.4, 0.5) is 5.69 Å². The molecule has 3 heterocycles. The molecule has 0 saturated heterocycles. The van der Waals surface area contributed by atoms with Crippen molar-refractivity contribution in [2.45, 2.75) is 0 Å². The SMILES string of the molecule is Nc1cnc(-c2cn3ccccc3n2)nc1. The molecule has 0 aliphatic rings. The minimum absolute atomic E-state index is 0.549. The number of nitrogen functional groups attached to an aromatic ring is 1. The summed E-state index contributed by atoms with van der Waals surface area (Å²) in [7, 11) is 0. The van der Waals surface area contributed by atoms with Gasteiger partial charge in [-0.25, -0.2) is 15.0 Å². The van der Waals surface area contributed by atoms with Gasteiger partial charge in [0.1, 0.15) is 11.3 Å². The predicted octanol–water partition coefficient (Wildman–Crippen LogP) is 1.37. The van der Waals surface area contributed by atoms with Crippen molar-refractivity contribution in [1.82, 2.24) is 19.4 Å². The normalized spacial score (nSPS) is 10.8. The van der Waals surface area contributed by atoms with E-state index in [0.717, 1.165) is 11.3 Å². The van der Waals surface area contributed by atoms with E-state index in [0.29, 0.717) is 11.5 Å². The average molecular weight is 211 g/mol. The largest absolute Gasteiger partial charge is 0.396 e. The van der Waals surface area contributed by atoms with Gasteiger partial charge in [0.2, 0.25) is 0 Å². The van der Waals surface area contributed by atoms with Crippen LogP contribution < -0.4 is 5.73 Å². The molecule has 5 nitrogen and oxygen atoms in total. The molecule has 3 rings (SSSR count). The molecule has 5 heteroatoms. The second-order valence-electron chi connectivity index (χ2n) is 3.43. The Morgan fingerprint density at radius 2 is 1.94 bits per heavy atom. The predicted molar refractivity (Wildman–Crippen MR) is 60.6 cm³/mol. The first-order chi connectivity index (χ1) is 7.83. The molecule has 3 aromatic heterocycles. The molecule has 2 N–H and O–H groups in total. The monoisotopic (exact) mass is 211 g/mol. The van der Waals surface area contributed by atoms with Gasteiger partial charge in [0.25, 0.3) is 0 Å². The highest BCUT2D eigenvalue weighted by molar-refractivity contribution is 5.55. The van der Waals surface area contributed by atoms with E-state index < -0.39 is 0 Å². The van der Waals surface area contributed by atoms with Crippen molar-refractivity contribution in [3.8, 4) is 11.5 Å². The lowest BCUT2D eigenvalue weighted by Crippen LogP contribution is -1.92. The van der Waals surface area contributed by atoms with Gasteiger partial charge < -0.3 is 10.1 Å². The van der Waals surface area contributed by atoms with Gasteiger partial charge in [-0.3, -0.25) is 0 Å². The van der Waals surface area contributed by atoms with Gasteiger partial charge in [0.05, 0.1) is 18.1 Å². The molecule has 16 heavy (non-hydrogen) atoms. The molecular formula is C11H9N5. The molecule has 0 aliphatic heterocycles. The van der Waals surface area contributed by atoms with Crippen molar-refractivity contribution >= 4 is 11.3 Å². The molecule has 0 fully saturated rings. The lowest BCUT2D eigenvalue weighted by atomic mass is 10.4. The van der Waals surface area contributed by atoms with Crippen molar-refractivity contribution in [3.05, 3.63) is 43.0 Å². The van der Waals surface area contributed by atoms with E-state index in [1.807, 2.05) is 35.0 Å². The fourth-order valence-corrected chi connectivity index (χ4v) is 1.51. The van der Waals surface area contributed by atoms with Gasteiger partial charge in [-0.15, -0.1) is 0 Å². The van der Waals surface area contributed by atoms with Gasteiger partial charge in [-0.05, 0) is 12.1 Å². The smallest absolute Gasteiger partial charge is 0.179 e. The summed E-state index contributed by atoms with van der Waals surface area (Å²) in [5.74, 6) is 0.581. The first-order valence-corrected chi connectivity index (χ1v) is 4.84. The van der Waals surface area contributed by atoms with E-state index >= 15 is 0 Å². The molecule has 78 valence electrons. The standard InChI is InChI=1S/C11H9N5/c12-8-5-13-11(14-6-8)9-7-16-4-2-1-3-10(16)15-9/h1-7H,12H2. The number of pyridine rings is 1. The van der Waals surface area contributed by atoms with E-state index in [2.05, 4.69) is 15.0 Å². The maximum atomic E-state index is 5.53. The molecule has 0 saturated carbocycles.